The summed E-state index contributed by atoms with van der Waals surface area (Å²) < 4.78 is 12.5. The minimum Gasteiger partial charge on any atom is -0.445 e. The van der Waals surface area contributed by atoms with Gasteiger partial charge in [0.2, 0.25) is 0 Å². The normalized spacial score (nSPS) is 14.3. The number of rotatable bonds is 2. The van der Waals surface area contributed by atoms with Crippen molar-refractivity contribution in [1.82, 2.24) is 9.97 Å². The summed E-state index contributed by atoms with van der Waals surface area (Å²) in [5.41, 5.74) is 2.05. The fraction of sp³-hybridized carbons (Fsp3) is 0.333. The lowest BCUT2D eigenvalue weighted by Crippen LogP contribution is -2.16. The van der Waals surface area contributed by atoms with Crippen molar-refractivity contribution in [2.75, 3.05) is 19.0 Å². The molecule has 0 amide bonds. The van der Waals surface area contributed by atoms with Crippen molar-refractivity contribution in [3.05, 3.63) is 26.5 Å². The number of halogens is 2. The summed E-state index contributed by atoms with van der Waals surface area (Å²) in [6.07, 6.45) is 0.794. The number of hydrogen-bond acceptors (Lipinski definition) is 5. The third kappa shape index (κ3) is 2.42. The predicted molar refractivity (Wildman–Crippen MR) is 78.0 cm³/mol. The monoisotopic (exact) mass is 387 g/mol. The molecule has 1 aliphatic heterocycles. The lowest BCUT2D eigenvalue weighted by Gasteiger charge is -2.18. The van der Waals surface area contributed by atoms with Gasteiger partial charge in [0.05, 0.1) is 23.4 Å². The number of anilines is 1. The third-order valence-corrected chi connectivity index (χ3v) is 4.63. The number of ether oxygens (including phenoxy) is 1. The molecule has 2 aromatic rings. The molecule has 2 aromatic heterocycles. The van der Waals surface area contributed by atoms with Crippen molar-refractivity contribution in [3.8, 4) is 11.6 Å². The largest absolute Gasteiger partial charge is 0.445 e. The van der Waals surface area contributed by atoms with E-state index in [1.807, 2.05) is 13.1 Å². The molecule has 0 spiro atoms. The number of aromatic nitrogens is 2. The molecular weight excluding hydrogens is 378 g/mol. The van der Waals surface area contributed by atoms with Gasteiger partial charge in [0, 0.05) is 25.1 Å². The quantitative estimate of drug-likeness (QED) is 0.854. The predicted octanol–water partition coefficient (Wildman–Crippen LogP) is 3.38. The molecule has 19 heavy (non-hydrogen) atoms. The smallest absolute Gasteiger partial charge is 0.197 e. The zero-order valence-corrected chi connectivity index (χ0v) is 13.3. The van der Waals surface area contributed by atoms with Crippen molar-refractivity contribution in [2.45, 2.75) is 13.0 Å². The van der Waals surface area contributed by atoms with E-state index in [4.69, 9.17) is 9.15 Å². The van der Waals surface area contributed by atoms with Gasteiger partial charge in [-0.1, -0.05) is 0 Å². The van der Waals surface area contributed by atoms with Crippen LogP contribution in [0.15, 0.2) is 19.6 Å². The topological polar surface area (TPSA) is 60.2 Å². The SMILES string of the molecule is CNc1nc(-c2cc(Br)c(Br)o2)nc2c1COCC2. The molecule has 0 atom stereocenters. The first-order chi connectivity index (χ1) is 9.19. The number of furan rings is 1. The van der Waals surface area contributed by atoms with E-state index in [1.54, 1.807) is 0 Å². The fourth-order valence-corrected chi connectivity index (χ4v) is 2.58. The highest BCUT2D eigenvalue weighted by Crippen LogP contribution is 2.33. The number of nitrogens with zero attached hydrogens (tertiary/aromatic N) is 2. The fourth-order valence-electron chi connectivity index (χ4n) is 2.01. The Balaban J connectivity index is 2.11. The van der Waals surface area contributed by atoms with Gasteiger partial charge in [0.25, 0.3) is 0 Å². The first-order valence-electron chi connectivity index (χ1n) is 5.79. The standard InChI is InChI=1S/C12H11Br2N3O2/c1-15-11-6-5-18-3-2-8(6)16-12(17-11)9-4-7(13)10(14)19-9/h4H,2-3,5H2,1H3,(H,15,16,17). The third-order valence-electron chi connectivity index (χ3n) is 2.92. The molecule has 0 aliphatic carbocycles. The number of hydrogen-bond donors (Lipinski definition) is 1. The van der Waals surface area contributed by atoms with Crippen LogP contribution in [0.5, 0.6) is 0 Å². The second-order valence-electron chi connectivity index (χ2n) is 4.11. The van der Waals surface area contributed by atoms with Crippen LogP contribution in [-0.2, 0) is 17.8 Å². The molecule has 0 unspecified atom stereocenters. The van der Waals surface area contributed by atoms with Gasteiger partial charge in [-0.05, 0) is 31.9 Å². The molecule has 1 N–H and O–H groups in total. The van der Waals surface area contributed by atoms with Gasteiger partial charge in [-0.15, -0.1) is 0 Å². The highest BCUT2D eigenvalue weighted by Gasteiger charge is 2.20. The zero-order valence-electron chi connectivity index (χ0n) is 10.2. The Morgan fingerprint density at radius 3 is 2.84 bits per heavy atom. The van der Waals surface area contributed by atoms with Crippen LogP contribution in [0.4, 0.5) is 5.82 Å². The van der Waals surface area contributed by atoms with Crippen LogP contribution < -0.4 is 5.32 Å². The van der Waals surface area contributed by atoms with Gasteiger partial charge in [0.15, 0.2) is 16.3 Å². The van der Waals surface area contributed by atoms with E-state index in [2.05, 4.69) is 47.1 Å². The van der Waals surface area contributed by atoms with Gasteiger partial charge in [0.1, 0.15) is 5.82 Å². The van der Waals surface area contributed by atoms with Crippen LogP contribution in [0, 0.1) is 0 Å². The summed E-state index contributed by atoms with van der Waals surface area (Å²) in [4.78, 5) is 9.07. The highest BCUT2D eigenvalue weighted by molar-refractivity contribution is 9.13. The summed E-state index contributed by atoms with van der Waals surface area (Å²) in [7, 11) is 1.84. The minimum atomic E-state index is 0.553. The molecule has 0 saturated heterocycles. The summed E-state index contributed by atoms with van der Waals surface area (Å²) in [5, 5.41) is 3.09. The summed E-state index contributed by atoms with van der Waals surface area (Å²) in [5.74, 6) is 2.00. The highest BCUT2D eigenvalue weighted by atomic mass is 79.9. The maximum Gasteiger partial charge on any atom is 0.197 e. The molecule has 0 radical (unpaired) electrons. The summed E-state index contributed by atoms with van der Waals surface area (Å²) in [6.45, 7) is 1.25. The maximum atomic E-state index is 5.58. The van der Waals surface area contributed by atoms with E-state index in [0.717, 1.165) is 28.0 Å². The molecule has 3 heterocycles. The van der Waals surface area contributed by atoms with Gasteiger partial charge in [-0.25, -0.2) is 9.97 Å². The van der Waals surface area contributed by atoms with Crippen molar-refractivity contribution >= 4 is 37.7 Å². The minimum absolute atomic E-state index is 0.553. The average Bonchev–Trinajstić information content (AvgIpc) is 2.77. The molecule has 0 saturated carbocycles. The van der Waals surface area contributed by atoms with Gasteiger partial charge in [-0.2, -0.15) is 0 Å². The molecular formula is C12H11Br2N3O2. The molecule has 0 bridgehead atoms. The average molecular weight is 389 g/mol. The van der Waals surface area contributed by atoms with E-state index < -0.39 is 0 Å². The van der Waals surface area contributed by atoms with Crippen molar-refractivity contribution in [1.29, 1.82) is 0 Å². The van der Waals surface area contributed by atoms with Crippen LogP contribution in [0.3, 0.4) is 0 Å². The zero-order chi connectivity index (χ0) is 13.4. The van der Waals surface area contributed by atoms with Gasteiger partial charge < -0.3 is 14.5 Å². The molecule has 3 rings (SSSR count). The van der Waals surface area contributed by atoms with E-state index >= 15 is 0 Å². The van der Waals surface area contributed by atoms with Crippen molar-refractivity contribution < 1.29 is 9.15 Å². The Labute approximate surface area is 127 Å². The lowest BCUT2D eigenvalue weighted by atomic mass is 10.1. The molecule has 0 aromatic carbocycles. The van der Waals surface area contributed by atoms with Gasteiger partial charge >= 0.3 is 0 Å². The van der Waals surface area contributed by atoms with E-state index in [1.165, 1.54) is 0 Å². The van der Waals surface area contributed by atoms with Crippen LogP contribution in [0.2, 0.25) is 0 Å². The summed E-state index contributed by atoms with van der Waals surface area (Å²) >= 11 is 6.71. The molecule has 0 fully saturated rings. The maximum absolute atomic E-state index is 5.58. The number of nitrogens with one attached hydrogen (secondary N) is 1. The molecule has 100 valence electrons. The van der Waals surface area contributed by atoms with Gasteiger partial charge in [-0.3, -0.25) is 0 Å². The second-order valence-corrected chi connectivity index (χ2v) is 5.68. The Kier molecular flexibility index (Phi) is 3.60. The van der Waals surface area contributed by atoms with E-state index in [0.29, 0.717) is 29.5 Å². The van der Waals surface area contributed by atoms with E-state index in [-0.39, 0.29) is 0 Å². The Hall–Kier alpha value is -0.920. The molecule has 5 nitrogen and oxygen atoms in total. The molecule has 7 heteroatoms. The van der Waals surface area contributed by atoms with Crippen LogP contribution >= 0.6 is 31.9 Å². The number of fused-ring (bicyclic) bond motifs is 1. The molecule has 1 aliphatic rings. The summed E-state index contributed by atoms with van der Waals surface area (Å²) in [6, 6.07) is 1.85. The van der Waals surface area contributed by atoms with Crippen LogP contribution in [0.1, 0.15) is 11.3 Å². The lowest BCUT2D eigenvalue weighted by molar-refractivity contribution is 0.109. The van der Waals surface area contributed by atoms with E-state index in [9.17, 15) is 0 Å². The Bertz CT molecular complexity index is 591. The van der Waals surface area contributed by atoms with Crippen molar-refractivity contribution in [2.24, 2.45) is 0 Å². The van der Waals surface area contributed by atoms with Crippen LogP contribution in [0.25, 0.3) is 11.6 Å². The van der Waals surface area contributed by atoms with Crippen molar-refractivity contribution in [3.63, 3.8) is 0 Å². The Morgan fingerprint density at radius 2 is 2.16 bits per heavy atom. The van der Waals surface area contributed by atoms with Crippen LogP contribution in [-0.4, -0.2) is 23.6 Å². The first kappa shape index (κ1) is 13.1. The Morgan fingerprint density at radius 1 is 1.32 bits per heavy atom. The second kappa shape index (κ2) is 5.22. The first-order valence-corrected chi connectivity index (χ1v) is 7.38.